The maximum atomic E-state index is 13.5. The van der Waals surface area contributed by atoms with Gasteiger partial charge in [-0.2, -0.15) is 5.26 Å². The number of fused-ring (bicyclic) bond motifs is 2. The average molecular weight is 463 g/mol. The van der Waals surface area contributed by atoms with Crippen molar-refractivity contribution in [2.75, 3.05) is 5.73 Å². The van der Waals surface area contributed by atoms with Crippen molar-refractivity contribution in [3.05, 3.63) is 88.9 Å². The molecule has 3 N–H and O–H groups in total. The maximum absolute atomic E-state index is 13.5. The Kier molecular flexibility index (Phi) is 4.53. The zero-order chi connectivity index (χ0) is 24.3. The predicted molar refractivity (Wildman–Crippen MR) is 133 cm³/mol. The van der Waals surface area contributed by atoms with Crippen LogP contribution in [0.4, 0.5) is 5.82 Å². The van der Waals surface area contributed by atoms with E-state index in [1.807, 2.05) is 41.8 Å². The molecule has 3 heterocycles. The molecule has 5 aromatic rings. The molecule has 1 aliphatic carbocycles. The van der Waals surface area contributed by atoms with E-state index in [0.29, 0.717) is 46.5 Å². The number of nitrogens with two attached hydrogens (primary N) is 1. The number of hydrogen-bond donors (Lipinski definition) is 2. The zero-order valence-electron chi connectivity index (χ0n) is 19.0. The lowest BCUT2D eigenvalue weighted by Gasteiger charge is -2.40. The molecule has 0 atom stereocenters. The summed E-state index contributed by atoms with van der Waals surface area (Å²) in [5, 5.41) is 21.1. The first-order valence-corrected chi connectivity index (χ1v) is 11.4. The molecule has 0 spiro atoms. The third-order valence-electron chi connectivity index (χ3n) is 6.81. The van der Waals surface area contributed by atoms with Crippen LogP contribution >= 0.6 is 0 Å². The minimum Gasteiger partial charge on any atom is -0.390 e. The molecule has 0 saturated heterocycles. The number of aromatic nitrogens is 4. The van der Waals surface area contributed by atoms with Gasteiger partial charge in [0.25, 0.3) is 5.56 Å². The fourth-order valence-corrected chi connectivity index (χ4v) is 5.12. The molecule has 8 nitrogen and oxygen atoms in total. The zero-order valence-corrected chi connectivity index (χ0v) is 19.0. The van der Waals surface area contributed by atoms with Crippen LogP contribution in [0.25, 0.3) is 33.2 Å². The van der Waals surface area contributed by atoms with Crippen LogP contribution in [-0.4, -0.2) is 29.6 Å². The Balaban J connectivity index is 1.55. The summed E-state index contributed by atoms with van der Waals surface area (Å²) >= 11 is 0. The molecule has 0 unspecified atom stereocenters. The quantitative estimate of drug-likeness (QED) is 0.421. The van der Waals surface area contributed by atoms with Gasteiger partial charge in [0.15, 0.2) is 0 Å². The number of benzene rings is 2. The Morgan fingerprint density at radius 3 is 2.74 bits per heavy atom. The summed E-state index contributed by atoms with van der Waals surface area (Å²) in [6, 6.07) is 16.7. The van der Waals surface area contributed by atoms with Crippen LogP contribution in [0.3, 0.4) is 0 Å². The maximum Gasteiger partial charge on any atom is 0.263 e. The Bertz CT molecular complexity index is 1730. The number of pyridine rings is 1. The van der Waals surface area contributed by atoms with Crippen molar-refractivity contribution >= 4 is 22.1 Å². The van der Waals surface area contributed by atoms with Gasteiger partial charge < -0.3 is 10.8 Å². The van der Waals surface area contributed by atoms with Gasteiger partial charge in [-0.1, -0.05) is 24.3 Å². The van der Waals surface area contributed by atoms with Crippen LogP contribution in [-0.2, 0) is 0 Å². The summed E-state index contributed by atoms with van der Waals surface area (Å²) in [5.41, 5.74) is 8.39. The second-order valence-electron chi connectivity index (χ2n) is 9.37. The van der Waals surface area contributed by atoms with Crippen LogP contribution in [0, 0.1) is 11.3 Å². The number of rotatable bonds is 3. The lowest BCUT2D eigenvalue weighted by Crippen LogP contribution is -2.40. The van der Waals surface area contributed by atoms with Gasteiger partial charge in [-0.25, -0.2) is 9.97 Å². The molecule has 1 fully saturated rings. The van der Waals surface area contributed by atoms with Crippen molar-refractivity contribution in [2.45, 2.75) is 31.3 Å². The van der Waals surface area contributed by atoms with Crippen LogP contribution in [0.1, 0.15) is 37.1 Å². The number of nitriles is 1. The van der Waals surface area contributed by atoms with Crippen molar-refractivity contribution in [3.63, 3.8) is 0 Å². The number of nitrogens with zero attached hydrogens (tertiary/aromatic N) is 5. The van der Waals surface area contributed by atoms with Gasteiger partial charge in [0.1, 0.15) is 28.9 Å². The Morgan fingerprint density at radius 2 is 1.97 bits per heavy atom. The lowest BCUT2D eigenvalue weighted by atomic mass is 9.72. The van der Waals surface area contributed by atoms with E-state index in [0.717, 1.165) is 16.8 Å². The third-order valence-corrected chi connectivity index (χ3v) is 6.81. The smallest absolute Gasteiger partial charge is 0.263 e. The molecule has 2 aromatic carbocycles. The van der Waals surface area contributed by atoms with Crippen LogP contribution in [0.15, 0.2) is 71.9 Å². The average Bonchev–Trinajstić information content (AvgIpc) is 3.23. The Morgan fingerprint density at radius 1 is 1.17 bits per heavy atom. The number of imidazole rings is 1. The lowest BCUT2D eigenvalue weighted by molar-refractivity contribution is -0.0335. The molecule has 8 heteroatoms. The molecule has 1 aliphatic rings. The normalized spacial score (nSPS) is 19.5. The molecular weight excluding hydrogens is 440 g/mol. The van der Waals surface area contributed by atoms with E-state index >= 15 is 0 Å². The van der Waals surface area contributed by atoms with E-state index in [9.17, 15) is 15.2 Å². The summed E-state index contributed by atoms with van der Waals surface area (Å²) in [7, 11) is 0. The third kappa shape index (κ3) is 3.28. The van der Waals surface area contributed by atoms with Gasteiger partial charge in [0.2, 0.25) is 0 Å². The molecule has 0 amide bonds. The van der Waals surface area contributed by atoms with E-state index in [4.69, 9.17) is 10.7 Å². The highest BCUT2D eigenvalue weighted by molar-refractivity contribution is 5.91. The van der Waals surface area contributed by atoms with Gasteiger partial charge in [0.05, 0.1) is 16.9 Å². The number of hydrogen-bond acceptors (Lipinski definition) is 6. The molecule has 0 radical (unpaired) electrons. The Labute approximate surface area is 200 Å². The molecular formula is C27H22N6O2. The van der Waals surface area contributed by atoms with E-state index in [1.165, 1.54) is 4.57 Å². The topological polar surface area (TPSA) is 122 Å². The Hall–Kier alpha value is -4.48. The van der Waals surface area contributed by atoms with Crippen LogP contribution < -0.4 is 11.3 Å². The fourth-order valence-electron chi connectivity index (χ4n) is 5.12. The van der Waals surface area contributed by atoms with Crippen LogP contribution in [0.5, 0.6) is 0 Å². The highest BCUT2D eigenvalue weighted by Crippen LogP contribution is 2.45. The molecule has 3 aromatic heterocycles. The van der Waals surface area contributed by atoms with Crippen molar-refractivity contribution in [1.82, 2.24) is 18.9 Å². The molecule has 1 saturated carbocycles. The number of aliphatic hydroxyl groups is 1. The van der Waals surface area contributed by atoms with E-state index in [2.05, 4.69) is 11.1 Å². The first-order chi connectivity index (χ1) is 16.9. The van der Waals surface area contributed by atoms with E-state index in [-0.39, 0.29) is 11.5 Å². The molecule has 6 rings (SSSR count). The second-order valence-corrected chi connectivity index (χ2v) is 9.37. The molecule has 0 aliphatic heterocycles. The standard InChI is InChI=1S/C27H22N6O2/c1-27(35)13-19(14-27)25-31-22(23-24(29)30-9-11-33(23)25)17-7-6-16-8-10-32(26(34)20(16)12-17)21-5-3-2-4-18(21)15-28/h2-12,19,35H,13-14H2,1H3,(H2,29,30). The predicted octanol–water partition coefficient (Wildman–Crippen LogP) is 3.78. The van der Waals surface area contributed by atoms with Crippen LogP contribution in [0.2, 0.25) is 0 Å². The summed E-state index contributed by atoms with van der Waals surface area (Å²) in [5.74, 6) is 1.28. The molecule has 35 heavy (non-hydrogen) atoms. The minimum absolute atomic E-state index is 0.105. The number of para-hydroxylation sites is 1. The number of anilines is 1. The van der Waals surface area contributed by atoms with E-state index < -0.39 is 5.60 Å². The van der Waals surface area contributed by atoms with E-state index in [1.54, 1.807) is 36.7 Å². The highest BCUT2D eigenvalue weighted by Gasteiger charge is 2.41. The van der Waals surface area contributed by atoms with Gasteiger partial charge in [-0.3, -0.25) is 13.8 Å². The van der Waals surface area contributed by atoms with Gasteiger partial charge in [-0.05, 0) is 49.4 Å². The minimum atomic E-state index is -0.691. The van der Waals surface area contributed by atoms with Crippen molar-refractivity contribution in [1.29, 1.82) is 5.26 Å². The highest BCUT2D eigenvalue weighted by atomic mass is 16.3. The summed E-state index contributed by atoms with van der Waals surface area (Å²) < 4.78 is 3.43. The monoisotopic (exact) mass is 462 g/mol. The molecule has 0 bridgehead atoms. The van der Waals surface area contributed by atoms with Gasteiger partial charge in [-0.15, -0.1) is 0 Å². The fraction of sp³-hybridized carbons (Fsp3) is 0.185. The van der Waals surface area contributed by atoms with Crippen molar-refractivity contribution < 1.29 is 5.11 Å². The summed E-state index contributed by atoms with van der Waals surface area (Å²) in [6.45, 7) is 1.83. The van der Waals surface area contributed by atoms with Gasteiger partial charge >= 0.3 is 0 Å². The first kappa shape index (κ1) is 21.1. The molecule has 172 valence electrons. The number of nitrogen functional groups attached to an aromatic ring is 1. The van der Waals surface area contributed by atoms with Gasteiger partial charge in [0, 0.05) is 35.5 Å². The van der Waals surface area contributed by atoms with Crippen molar-refractivity contribution in [3.8, 4) is 23.0 Å². The first-order valence-electron chi connectivity index (χ1n) is 11.4. The SMILES string of the molecule is CC1(O)CC(c2nc(-c3ccc4ccn(-c5ccccc5C#N)c(=O)c4c3)c3c(N)nccn23)C1. The summed E-state index contributed by atoms with van der Waals surface area (Å²) in [4.78, 5) is 22.7. The second kappa shape index (κ2) is 7.52. The largest absolute Gasteiger partial charge is 0.390 e. The summed E-state index contributed by atoms with van der Waals surface area (Å²) in [6.07, 6.45) is 6.40. The van der Waals surface area contributed by atoms with Crippen molar-refractivity contribution in [2.24, 2.45) is 0 Å².